The fraction of sp³-hybridized carbons (Fsp3) is 0.419. The van der Waals surface area contributed by atoms with Gasteiger partial charge in [-0.3, -0.25) is 14.5 Å². The van der Waals surface area contributed by atoms with Crippen LogP contribution in [0.5, 0.6) is 11.5 Å². The average molecular weight is 503 g/mol. The molecule has 0 spiro atoms. The van der Waals surface area contributed by atoms with Crippen LogP contribution in [-0.4, -0.2) is 61.5 Å². The second-order valence-electron chi connectivity index (χ2n) is 10.3. The maximum atomic E-state index is 13.2. The van der Waals surface area contributed by atoms with Gasteiger partial charge in [0, 0.05) is 44.6 Å². The molecule has 0 bridgehead atoms. The minimum Gasteiger partial charge on any atom is -0.497 e. The van der Waals surface area contributed by atoms with E-state index >= 15 is 0 Å². The summed E-state index contributed by atoms with van der Waals surface area (Å²) >= 11 is 0. The van der Waals surface area contributed by atoms with Gasteiger partial charge in [-0.15, -0.1) is 6.58 Å². The number of likely N-dealkylation sites (N-methyl/N-ethyl adjacent to an activating group) is 1. The molecule has 0 N–H and O–H groups in total. The lowest BCUT2D eigenvalue weighted by Crippen LogP contribution is -2.56. The number of hydrogen-bond acceptors (Lipinski definition) is 5. The number of fused-ring (bicyclic) bond motifs is 1. The number of amides is 1. The first-order valence-corrected chi connectivity index (χ1v) is 13.1. The Bertz CT molecular complexity index is 1160. The van der Waals surface area contributed by atoms with Gasteiger partial charge in [-0.05, 0) is 79.6 Å². The van der Waals surface area contributed by atoms with Crippen molar-refractivity contribution in [2.24, 2.45) is 5.92 Å². The number of hydrogen-bond donors (Lipinski definition) is 0. The van der Waals surface area contributed by atoms with Gasteiger partial charge in [0.2, 0.25) is 5.91 Å². The van der Waals surface area contributed by atoms with Crippen molar-refractivity contribution >= 4 is 18.0 Å². The van der Waals surface area contributed by atoms with Gasteiger partial charge in [0.15, 0.2) is 0 Å². The van der Waals surface area contributed by atoms with Gasteiger partial charge in [-0.2, -0.15) is 0 Å². The summed E-state index contributed by atoms with van der Waals surface area (Å²) in [6, 6.07) is 15.8. The van der Waals surface area contributed by atoms with Gasteiger partial charge < -0.3 is 14.4 Å². The summed E-state index contributed by atoms with van der Waals surface area (Å²) in [5.41, 5.74) is 2.05. The van der Waals surface area contributed by atoms with Gasteiger partial charge in [-0.25, -0.2) is 0 Å². The molecule has 0 aromatic heterocycles. The molecule has 2 fully saturated rings. The van der Waals surface area contributed by atoms with Crippen LogP contribution < -0.4 is 9.47 Å². The number of nitrogens with zero attached hydrogens (tertiary/aromatic N) is 2. The molecule has 2 aromatic rings. The molecule has 0 radical (unpaired) electrons. The first-order valence-electron chi connectivity index (χ1n) is 13.1. The van der Waals surface area contributed by atoms with Crippen molar-refractivity contribution in [2.75, 3.05) is 33.8 Å². The highest BCUT2D eigenvalue weighted by atomic mass is 16.5. The molecule has 6 heteroatoms. The van der Waals surface area contributed by atoms with E-state index < -0.39 is 0 Å². The van der Waals surface area contributed by atoms with E-state index in [0.29, 0.717) is 11.7 Å². The van der Waals surface area contributed by atoms with E-state index in [0.717, 1.165) is 56.6 Å². The second-order valence-corrected chi connectivity index (χ2v) is 10.3. The lowest BCUT2D eigenvalue weighted by atomic mass is 9.57. The molecule has 1 amide bonds. The summed E-state index contributed by atoms with van der Waals surface area (Å²) < 4.78 is 10.7. The molecule has 4 rings (SSSR count). The van der Waals surface area contributed by atoms with Crippen molar-refractivity contribution < 1.29 is 19.1 Å². The van der Waals surface area contributed by atoms with Gasteiger partial charge in [0.25, 0.3) is 0 Å². The number of esters is 1. The van der Waals surface area contributed by atoms with Crippen LogP contribution in [0, 0.1) is 5.92 Å². The topological polar surface area (TPSA) is 59.1 Å². The van der Waals surface area contributed by atoms with Gasteiger partial charge in [-0.1, -0.05) is 30.3 Å². The molecule has 6 nitrogen and oxygen atoms in total. The predicted octanol–water partition coefficient (Wildman–Crippen LogP) is 5.09. The number of piperidine rings is 1. The molecule has 1 saturated heterocycles. The fourth-order valence-corrected chi connectivity index (χ4v) is 6.11. The summed E-state index contributed by atoms with van der Waals surface area (Å²) in [7, 11) is 3.55. The maximum absolute atomic E-state index is 13.2. The Morgan fingerprint density at radius 2 is 1.95 bits per heavy atom. The summed E-state index contributed by atoms with van der Waals surface area (Å²) in [6.07, 6.45) is 9.35. The highest BCUT2D eigenvalue weighted by molar-refractivity contribution is 5.91. The molecule has 0 unspecified atom stereocenters. The van der Waals surface area contributed by atoms with Crippen LogP contribution in [0.4, 0.5) is 0 Å². The zero-order valence-corrected chi connectivity index (χ0v) is 22.2. The van der Waals surface area contributed by atoms with E-state index in [1.165, 1.54) is 12.5 Å². The van der Waals surface area contributed by atoms with Crippen LogP contribution in [-0.2, 0) is 15.0 Å². The zero-order valence-electron chi connectivity index (χ0n) is 22.2. The number of rotatable bonds is 8. The minimum atomic E-state index is -0.318. The predicted molar refractivity (Wildman–Crippen MR) is 147 cm³/mol. The van der Waals surface area contributed by atoms with Crippen molar-refractivity contribution in [3.05, 3.63) is 78.4 Å². The summed E-state index contributed by atoms with van der Waals surface area (Å²) in [4.78, 5) is 29.2. The number of methoxy groups -OCH3 is 1. The Morgan fingerprint density at radius 1 is 1.16 bits per heavy atom. The van der Waals surface area contributed by atoms with Gasteiger partial charge in [0.05, 0.1) is 7.11 Å². The van der Waals surface area contributed by atoms with Crippen LogP contribution in [0.3, 0.4) is 0 Å². The molecule has 1 aliphatic carbocycles. The number of carbonyl (C=O) groups is 2. The largest absolute Gasteiger partial charge is 0.497 e. The van der Waals surface area contributed by atoms with E-state index in [2.05, 4.69) is 17.5 Å². The Hall–Kier alpha value is -3.38. The van der Waals surface area contributed by atoms with Crippen molar-refractivity contribution in [3.63, 3.8) is 0 Å². The molecule has 1 heterocycles. The number of ether oxygens (including phenoxy) is 2. The maximum Gasteiger partial charge on any atom is 0.308 e. The van der Waals surface area contributed by atoms with Crippen LogP contribution in [0.1, 0.15) is 43.7 Å². The Labute approximate surface area is 220 Å². The second kappa shape index (κ2) is 11.8. The molecule has 37 heavy (non-hydrogen) atoms. The summed E-state index contributed by atoms with van der Waals surface area (Å²) in [5, 5.41) is 0. The lowest BCUT2D eigenvalue weighted by Gasteiger charge is -2.54. The molecular formula is C31H38N2O4. The minimum absolute atomic E-state index is 0.000762. The quantitative estimate of drug-likeness (QED) is 0.218. The van der Waals surface area contributed by atoms with Crippen LogP contribution in [0.2, 0.25) is 0 Å². The third kappa shape index (κ3) is 6.13. The van der Waals surface area contributed by atoms with Crippen molar-refractivity contribution in [1.29, 1.82) is 0 Å². The van der Waals surface area contributed by atoms with Crippen molar-refractivity contribution in [2.45, 2.75) is 44.1 Å². The van der Waals surface area contributed by atoms with E-state index in [1.54, 1.807) is 13.2 Å². The van der Waals surface area contributed by atoms with Crippen molar-refractivity contribution in [3.8, 4) is 11.5 Å². The first-order chi connectivity index (χ1) is 17.8. The molecule has 1 aliphatic heterocycles. The van der Waals surface area contributed by atoms with E-state index in [-0.39, 0.29) is 23.3 Å². The Morgan fingerprint density at radius 3 is 2.70 bits per heavy atom. The highest BCUT2D eigenvalue weighted by Crippen LogP contribution is 2.50. The average Bonchev–Trinajstić information content (AvgIpc) is 2.91. The zero-order chi connectivity index (χ0) is 26.4. The molecule has 1 saturated carbocycles. The number of benzene rings is 2. The highest BCUT2D eigenvalue weighted by Gasteiger charge is 2.49. The van der Waals surface area contributed by atoms with Gasteiger partial charge >= 0.3 is 5.97 Å². The smallest absolute Gasteiger partial charge is 0.308 e. The standard InChI is InChI=1S/C31H38N2O4/c1-5-17-33-18-16-31(25-9-7-11-29(20-25)37-23(2)34)21-27(14-13-26(31)22-33)32(3)30(35)15-12-24-8-6-10-28(19-24)36-4/h5-12,15,19-20,26-27H,1,13-14,16-18,21-22H2,2-4H3/t26-,27+,31+/m1/s1. The lowest BCUT2D eigenvalue weighted by molar-refractivity contribution is -0.132. The molecule has 3 atom stereocenters. The van der Waals surface area contributed by atoms with Crippen molar-refractivity contribution in [1.82, 2.24) is 9.80 Å². The molecule has 2 aliphatic rings. The third-order valence-electron chi connectivity index (χ3n) is 8.05. The SMILES string of the molecule is C=CCN1CC[C@@]2(c3cccc(OC(C)=O)c3)C[C@@H](N(C)C(=O)C=Cc3cccc(OC)c3)CC[C@@H]2C1. The third-order valence-corrected chi connectivity index (χ3v) is 8.05. The van der Waals surface area contributed by atoms with E-state index in [4.69, 9.17) is 9.47 Å². The normalized spacial score (nSPS) is 23.8. The van der Waals surface area contributed by atoms with E-state index in [9.17, 15) is 9.59 Å². The molecule has 2 aromatic carbocycles. The molecular weight excluding hydrogens is 464 g/mol. The van der Waals surface area contributed by atoms with Gasteiger partial charge in [0.1, 0.15) is 11.5 Å². The number of carbonyl (C=O) groups excluding carboxylic acids is 2. The van der Waals surface area contributed by atoms with Crippen LogP contribution in [0.15, 0.2) is 67.3 Å². The first kappa shape index (κ1) is 26.7. The van der Waals surface area contributed by atoms with Crippen LogP contribution >= 0.6 is 0 Å². The number of likely N-dealkylation sites (tertiary alicyclic amines) is 1. The summed E-state index contributed by atoms with van der Waals surface area (Å²) in [6.45, 7) is 8.22. The van der Waals surface area contributed by atoms with E-state index in [1.807, 2.05) is 66.6 Å². The fourth-order valence-electron chi connectivity index (χ4n) is 6.11. The van der Waals surface area contributed by atoms with Crippen LogP contribution in [0.25, 0.3) is 6.08 Å². The Kier molecular flexibility index (Phi) is 8.49. The monoisotopic (exact) mass is 502 g/mol. The molecule has 196 valence electrons. The summed E-state index contributed by atoms with van der Waals surface area (Å²) in [5.74, 6) is 1.49. The Balaban J connectivity index is 1.57.